The van der Waals surface area contributed by atoms with Crippen molar-refractivity contribution in [3.8, 4) is 0 Å². The predicted octanol–water partition coefficient (Wildman–Crippen LogP) is 1.30. The number of anilines is 1. The molecule has 0 aliphatic carbocycles. The van der Waals surface area contributed by atoms with Gasteiger partial charge in [0.25, 0.3) is 0 Å². The van der Waals surface area contributed by atoms with E-state index in [4.69, 9.17) is 10.2 Å². The number of nitrogen functional groups attached to an aromatic ring is 1. The van der Waals surface area contributed by atoms with Crippen LogP contribution in [0.2, 0.25) is 0 Å². The first-order valence-electron chi connectivity index (χ1n) is 4.64. The van der Waals surface area contributed by atoms with E-state index >= 15 is 0 Å². The van der Waals surface area contributed by atoms with E-state index in [1.165, 1.54) is 0 Å². The zero-order valence-corrected chi connectivity index (χ0v) is 8.82. The fourth-order valence-electron chi connectivity index (χ4n) is 1.50. The Morgan fingerprint density at radius 2 is 2.18 bits per heavy atom. The molecule has 2 N–H and O–H groups in total. The summed E-state index contributed by atoms with van der Waals surface area (Å²) in [6.07, 6.45) is 0.939. The van der Waals surface area contributed by atoms with Crippen molar-refractivity contribution in [3.63, 3.8) is 0 Å². The lowest BCUT2D eigenvalue weighted by Crippen LogP contribution is -2.13. The van der Waals surface area contributed by atoms with E-state index in [0.717, 1.165) is 25.5 Å². The average molecular weight is 237 g/mol. The van der Waals surface area contributed by atoms with Gasteiger partial charge in [0.1, 0.15) is 12.0 Å². The zero-order chi connectivity index (χ0) is 12.6. The number of hydrogen-bond acceptors (Lipinski definition) is 5. The summed E-state index contributed by atoms with van der Waals surface area (Å²) < 4.78 is 22.8. The minimum Gasteiger partial charge on any atom is -0.465 e. The molecule has 0 radical (unpaired) electrons. The highest BCUT2D eigenvalue weighted by Gasteiger charge is 2.18. The van der Waals surface area contributed by atoms with Gasteiger partial charge in [-0.3, -0.25) is 4.79 Å². The van der Waals surface area contributed by atoms with Gasteiger partial charge in [-0.2, -0.15) is 0 Å². The third kappa shape index (κ3) is 1.63. The van der Waals surface area contributed by atoms with E-state index in [2.05, 4.69) is 4.74 Å². The van der Waals surface area contributed by atoms with E-state index in [0.29, 0.717) is 0 Å². The first kappa shape index (κ1) is 11.1. The first-order chi connectivity index (χ1) is 8.06. The molecule has 0 bridgehead atoms. The summed E-state index contributed by atoms with van der Waals surface area (Å²) >= 11 is 0. The van der Waals surface area contributed by atoms with Crippen LogP contribution in [0.1, 0.15) is 10.4 Å². The number of ether oxygens (including phenoxy) is 1. The van der Waals surface area contributed by atoms with Crippen molar-refractivity contribution < 1.29 is 18.3 Å². The van der Waals surface area contributed by atoms with E-state index < -0.39 is 17.2 Å². The Balaban J connectivity index is 2.97. The normalized spacial score (nSPS) is 10.5. The van der Waals surface area contributed by atoms with Crippen molar-refractivity contribution in [3.05, 3.63) is 40.0 Å². The SMILES string of the molecule is COC(=O)c1ccc(F)c2occ(N)c(=O)c12. The van der Waals surface area contributed by atoms with Crippen LogP contribution in [0.5, 0.6) is 0 Å². The fourth-order valence-corrected chi connectivity index (χ4v) is 1.50. The molecule has 6 heteroatoms. The molecule has 2 aromatic rings. The largest absolute Gasteiger partial charge is 0.465 e. The molecule has 0 aliphatic rings. The van der Waals surface area contributed by atoms with Crippen LogP contribution in [-0.2, 0) is 4.74 Å². The minimum absolute atomic E-state index is 0.0787. The third-order valence-corrected chi connectivity index (χ3v) is 2.31. The highest BCUT2D eigenvalue weighted by atomic mass is 19.1. The van der Waals surface area contributed by atoms with Crippen molar-refractivity contribution in [2.45, 2.75) is 0 Å². The van der Waals surface area contributed by atoms with Gasteiger partial charge in [0, 0.05) is 0 Å². The lowest BCUT2D eigenvalue weighted by atomic mass is 10.1. The second kappa shape index (κ2) is 3.89. The summed E-state index contributed by atoms with van der Waals surface area (Å²) in [5.41, 5.74) is 4.11. The molecule has 0 fully saturated rings. The maximum Gasteiger partial charge on any atom is 0.338 e. The molecular formula is C11H8FNO4. The molecule has 1 aromatic heterocycles. The molecule has 17 heavy (non-hydrogen) atoms. The Hall–Kier alpha value is -2.37. The van der Waals surface area contributed by atoms with Crippen molar-refractivity contribution in [1.82, 2.24) is 0 Å². The standard InChI is InChI=1S/C11H8FNO4/c1-16-11(15)5-2-3-6(12)10-8(5)9(14)7(13)4-17-10/h2-4H,13H2,1H3. The van der Waals surface area contributed by atoms with E-state index in [1.54, 1.807) is 0 Å². The van der Waals surface area contributed by atoms with Crippen LogP contribution in [0.25, 0.3) is 11.0 Å². The van der Waals surface area contributed by atoms with Gasteiger partial charge in [-0.05, 0) is 12.1 Å². The Labute approximate surface area is 94.6 Å². The highest BCUT2D eigenvalue weighted by Crippen LogP contribution is 2.20. The van der Waals surface area contributed by atoms with Gasteiger partial charge in [0.2, 0.25) is 5.43 Å². The zero-order valence-electron chi connectivity index (χ0n) is 8.82. The quantitative estimate of drug-likeness (QED) is 0.756. The summed E-state index contributed by atoms with van der Waals surface area (Å²) in [5, 5.41) is -0.211. The van der Waals surface area contributed by atoms with Crippen LogP contribution < -0.4 is 11.2 Å². The fraction of sp³-hybridized carbons (Fsp3) is 0.0909. The summed E-state index contributed by atoms with van der Waals surface area (Å²) in [4.78, 5) is 23.2. The van der Waals surface area contributed by atoms with Crippen LogP contribution in [-0.4, -0.2) is 13.1 Å². The predicted molar refractivity (Wildman–Crippen MR) is 58.2 cm³/mol. The summed E-state index contributed by atoms with van der Waals surface area (Å²) in [6.45, 7) is 0. The molecule has 0 amide bonds. The van der Waals surface area contributed by atoms with Gasteiger partial charge in [-0.1, -0.05) is 0 Å². The maximum absolute atomic E-state index is 13.4. The average Bonchev–Trinajstić information content (AvgIpc) is 2.33. The van der Waals surface area contributed by atoms with Crippen molar-refractivity contribution in [2.24, 2.45) is 0 Å². The van der Waals surface area contributed by atoms with Crippen LogP contribution in [0.4, 0.5) is 10.1 Å². The molecule has 88 valence electrons. The second-order valence-corrected chi connectivity index (χ2v) is 3.31. The first-order valence-corrected chi connectivity index (χ1v) is 4.64. The molecule has 1 heterocycles. The molecule has 0 atom stereocenters. The number of halogens is 1. The van der Waals surface area contributed by atoms with Gasteiger partial charge in [0.05, 0.1) is 18.1 Å². The van der Waals surface area contributed by atoms with Crippen LogP contribution in [0.15, 0.2) is 27.6 Å². The van der Waals surface area contributed by atoms with Crippen molar-refractivity contribution in [1.29, 1.82) is 0 Å². The van der Waals surface area contributed by atoms with Crippen LogP contribution in [0.3, 0.4) is 0 Å². The number of benzene rings is 1. The molecule has 0 aliphatic heterocycles. The molecule has 0 spiro atoms. The van der Waals surface area contributed by atoms with Gasteiger partial charge >= 0.3 is 5.97 Å². The number of esters is 1. The number of carbonyl (C=O) groups excluding carboxylic acids is 1. The number of rotatable bonds is 1. The van der Waals surface area contributed by atoms with Crippen LogP contribution >= 0.6 is 0 Å². The Bertz CT molecular complexity index is 662. The number of nitrogens with two attached hydrogens (primary N) is 1. The summed E-state index contributed by atoms with van der Waals surface area (Å²) in [7, 11) is 1.16. The summed E-state index contributed by atoms with van der Waals surface area (Å²) in [6, 6.07) is 2.17. The van der Waals surface area contributed by atoms with Crippen molar-refractivity contribution >= 4 is 22.6 Å². The van der Waals surface area contributed by atoms with E-state index in [9.17, 15) is 14.0 Å². The minimum atomic E-state index is -0.757. The molecule has 2 rings (SSSR count). The topological polar surface area (TPSA) is 82.5 Å². The number of methoxy groups -OCH3 is 1. The molecule has 5 nitrogen and oxygen atoms in total. The number of fused-ring (bicyclic) bond motifs is 1. The summed E-state index contributed by atoms with van der Waals surface area (Å²) in [5.74, 6) is -1.50. The third-order valence-electron chi connectivity index (χ3n) is 2.31. The monoisotopic (exact) mass is 237 g/mol. The molecule has 0 saturated carbocycles. The highest BCUT2D eigenvalue weighted by molar-refractivity contribution is 6.03. The molecular weight excluding hydrogens is 229 g/mol. The van der Waals surface area contributed by atoms with E-state index in [-0.39, 0.29) is 22.2 Å². The van der Waals surface area contributed by atoms with Gasteiger partial charge in [0.15, 0.2) is 11.4 Å². The molecule has 0 saturated heterocycles. The van der Waals surface area contributed by atoms with E-state index in [1.807, 2.05) is 0 Å². The number of hydrogen-bond donors (Lipinski definition) is 1. The number of carbonyl (C=O) groups is 1. The molecule has 1 aromatic carbocycles. The van der Waals surface area contributed by atoms with Crippen LogP contribution in [0, 0.1) is 5.82 Å². The van der Waals surface area contributed by atoms with Crippen molar-refractivity contribution in [2.75, 3.05) is 12.8 Å². The van der Waals surface area contributed by atoms with Gasteiger partial charge in [-0.15, -0.1) is 0 Å². The maximum atomic E-state index is 13.4. The smallest absolute Gasteiger partial charge is 0.338 e. The Kier molecular flexibility index (Phi) is 2.55. The van der Waals surface area contributed by atoms with Gasteiger partial charge < -0.3 is 14.9 Å². The lowest BCUT2D eigenvalue weighted by Gasteiger charge is -2.04. The molecule has 0 unspecified atom stereocenters. The second-order valence-electron chi connectivity index (χ2n) is 3.31. The lowest BCUT2D eigenvalue weighted by molar-refractivity contribution is 0.0603. The Morgan fingerprint density at radius 1 is 1.47 bits per heavy atom. The van der Waals surface area contributed by atoms with Gasteiger partial charge in [-0.25, -0.2) is 9.18 Å². The Morgan fingerprint density at radius 3 is 2.82 bits per heavy atom.